The molecule has 3 atom stereocenters. The standard InChI is InChI=1S/C17H33N3O/c1-12(2)10-15-18-16(13(3)4)17(21)20(15)11-14-8-6-7-9-19(14)5/h12-16,18H,6-11H2,1-5H3. The van der Waals surface area contributed by atoms with E-state index >= 15 is 0 Å². The average molecular weight is 295 g/mol. The van der Waals surface area contributed by atoms with Gasteiger partial charge in [0.1, 0.15) is 0 Å². The number of rotatable bonds is 5. The molecule has 1 amide bonds. The molecular formula is C17H33N3O. The molecule has 4 nitrogen and oxygen atoms in total. The lowest BCUT2D eigenvalue weighted by atomic mass is 10.0. The third kappa shape index (κ3) is 3.98. The molecule has 0 aromatic carbocycles. The minimum Gasteiger partial charge on any atom is -0.324 e. The van der Waals surface area contributed by atoms with Gasteiger partial charge in [0.2, 0.25) is 5.91 Å². The third-order valence-corrected chi connectivity index (χ3v) is 4.99. The molecule has 0 aliphatic carbocycles. The summed E-state index contributed by atoms with van der Waals surface area (Å²) < 4.78 is 0. The summed E-state index contributed by atoms with van der Waals surface area (Å²) in [7, 11) is 2.20. The molecule has 3 unspecified atom stereocenters. The van der Waals surface area contributed by atoms with Gasteiger partial charge in [-0.05, 0) is 44.7 Å². The van der Waals surface area contributed by atoms with E-state index in [0.29, 0.717) is 23.8 Å². The molecule has 2 rings (SSSR count). The molecule has 0 aromatic heterocycles. The van der Waals surface area contributed by atoms with Gasteiger partial charge in [-0.1, -0.05) is 34.1 Å². The first-order chi connectivity index (χ1) is 9.90. The largest absolute Gasteiger partial charge is 0.324 e. The van der Waals surface area contributed by atoms with Crippen molar-refractivity contribution < 1.29 is 4.79 Å². The van der Waals surface area contributed by atoms with Crippen molar-refractivity contribution in [3.63, 3.8) is 0 Å². The van der Waals surface area contributed by atoms with E-state index in [1.54, 1.807) is 0 Å². The molecule has 0 saturated carbocycles. The highest BCUT2D eigenvalue weighted by molar-refractivity contribution is 5.84. The number of hydrogen-bond donors (Lipinski definition) is 1. The van der Waals surface area contributed by atoms with E-state index in [9.17, 15) is 4.79 Å². The predicted molar refractivity (Wildman–Crippen MR) is 87.0 cm³/mol. The summed E-state index contributed by atoms with van der Waals surface area (Å²) >= 11 is 0. The minimum atomic E-state index is 0.00245. The third-order valence-electron chi connectivity index (χ3n) is 4.99. The van der Waals surface area contributed by atoms with Crippen LogP contribution in [0.5, 0.6) is 0 Å². The van der Waals surface area contributed by atoms with Gasteiger partial charge in [0.15, 0.2) is 0 Å². The predicted octanol–water partition coefficient (Wildman–Crippen LogP) is 2.30. The zero-order valence-corrected chi connectivity index (χ0v) is 14.4. The van der Waals surface area contributed by atoms with Gasteiger partial charge in [-0.15, -0.1) is 0 Å². The normalized spacial score (nSPS) is 31.7. The van der Waals surface area contributed by atoms with E-state index in [1.165, 1.54) is 25.8 Å². The number of likely N-dealkylation sites (N-methyl/N-ethyl adjacent to an activating group) is 1. The van der Waals surface area contributed by atoms with Crippen molar-refractivity contribution in [2.75, 3.05) is 20.1 Å². The number of carbonyl (C=O) groups is 1. The summed E-state index contributed by atoms with van der Waals surface area (Å²) in [5.41, 5.74) is 0. The van der Waals surface area contributed by atoms with Crippen LogP contribution in [0.2, 0.25) is 0 Å². The molecule has 122 valence electrons. The molecule has 2 saturated heterocycles. The number of nitrogens with zero attached hydrogens (tertiary/aromatic N) is 2. The first-order valence-electron chi connectivity index (χ1n) is 8.67. The fourth-order valence-electron chi connectivity index (χ4n) is 3.64. The second-order valence-corrected chi connectivity index (χ2v) is 7.65. The van der Waals surface area contributed by atoms with Gasteiger partial charge < -0.3 is 9.80 Å². The van der Waals surface area contributed by atoms with E-state index in [-0.39, 0.29) is 12.2 Å². The molecule has 0 spiro atoms. The van der Waals surface area contributed by atoms with E-state index in [2.05, 4.69) is 49.9 Å². The molecular weight excluding hydrogens is 262 g/mol. The zero-order valence-electron chi connectivity index (χ0n) is 14.4. The second-order valence-electron chi connectivity index (χ2n) is 7.65. The quantitative estimate of drug-likeness (QED) is 0.845. The Morgan fingerprint density at radius 1 is 1.24 bits per heavy atom. The minimum absolute atomic E-state index is 0.00245. The number of carbonyl (C=O) groups excluding carboxylic acids is 1. The topological polar surface area (TPSA) is 35.6 Å². The fourth-order valence-corrected chi connectivity index (χ4v) is 3.64. The molecule has 2 aliphatic heterocycles. The van der Waals surface area contributed by atoms with Crippen molar-refractivity contribution in [1.29, 1.82) is 0 Å². The van der Waals surface area contributed by atoms with E-state index in [0.717, 1.165) is 13.0 Å². The van der Waals surface area contributed by atoms with Crippen LogP contribution in [0.25, 0.3) is 0 Å². The van der Waals surface area contributed by atoms with Crippen molar-refractivity contribution in [3.8, 4) is 0 Å². The van der Waals surface area contributed by atoms with Crippen LogP contribution in [0.4, 0.5) is 0 Å². The Morgan fingerprint density at radius 2 is 1.95 bits per heavy atom. The molecule has 0 aromatic rings. The van der Waals surface area contributed by atoms with Gasteiger partial charge in [0.05, 0.1) is 12.2 Å². The summed E-state index contributed by atoms with van der Waals surface area (Å²) in [6.45, 7) is 10.8. The Labute approximate surface area is 130 Å². The van der Waals surface area contributed by atoms with E-state index in [4.69, 9.17) is 0 Å². The van der Waals surface area contributed by atoms with Gasteiger partial charge in [-0.2, -0.15) is 0 Å². The van der Waals surface area contributed by atoms with Crippen LogP contribution < -0.4 is 5.32 Å². The Balaban J connectivity index is 2.06. The second kappa shape index (κ2) is 7.10. The highest BCUT2D eigenvalue weighted by Crippen LogP contribution is 2.24. The molecule has 0 radical (unpaired) electrons. The van der Waals surface area contributed by atoms with Crippen molar-refractivity contribution in [3.05, 3.63) is 0 Å². The Hall–Kier alpha value is -0.610. The molecule has 2 heterocycles. The highest BCUT2D eigenvalue weighted by atomic mass is 16.2. The molecule has 4 heteroatoms. The number of likely N-dealkylation sites (tertiary alicyclic amines) is 1. The van der Waals surface area contributed by atoms with Crippen LogP contribution in [-0.2, 0) is 4.79 Å². The SMILES string of the molecule is CC(C)CC1NC(C(C)C)C(=O)N1CC1CCCCN1C. The van der Waals surface area contributed by atoms with Crippen molar-refractivity contribution in [2.45, 2.75) is 71.6 Å². The number of nitrogens with one attached hydrogen (secondary N) is 1. The van der Waals surface area contributed by atoms with Gasteiger partial charge in [-0.3, -0.25) is 10.1 Å². The van der Waals surface area contributed by atoms with Crippen molar-refractivity contribution >= 4 is 5.91 Å². The maximum atomic E-state index is 12.8. The lowest BCUT2D eigenvalue weighted by molar-refractivity contribution is -0.131. The Morgan fingerprint density at radius 3 is 2.52 bits per heavy atom. The van der Waals surface area contributed by atoms with Gasteiger partial charge in [0.25, 0.3) is 0 Å². The maximum absolute atomic E-state index is 12.8. The molecule has 21 heavy (non-hydrogen) atoms. The van der Waals surface area contributed by atoms with Gasteiger partial charge in [0, 0.05) is 12.6 Å². The van der Waals surface area contributed by atoms with Gasteiger partial charge >= 0.3 is 0 Å². The van der Waals surface area contributed by atoms with Crippen LogP contribution in [-0.4, -0.2) is 54.1 Å². The molecule has 0 bridgehead atoms. The summed E-state index contributed by atoms with van der Waals surface area (Å²) in [5, 5.41) is 3.58. The summed E-state index contributed by atoms with van der Waals surface area (Å²) in [5.74, 6) is 1.28. The van der Waals surface area contributed by atoms with Crippen LogP contribution >= 0.6 is 0 Å². The summed E-state index contributed by atoms with van der Waals surface area (Å²) in [6.07, 6.45) is 5.09. The summed E-state index contributed by atoms with van der Waals surface area (Å²) in [4.78, 5) is 17.3. The number of hydrogen-bond acceptors (Lipinski definition) is 3. The zero-order chi connectivity index (χ0) is 15.6. The average Bonchev–Trinajstić information content (AvgIpc) is 2.69. The van der Waals surface area contributed by atoms with Gasteiger partial charge in [-0.25, -0.2) is 0 Å². The summed E-state index contributed by atoms with van der Waals surface area (Å²) in [6, 6.07) is 0.535. The van der Waals surface area contributed by atoms with E-state index < -0.39 is 0 Å². The molecule has 2 fully saturated rings. The smallest absolute Gasteiger partial charge is 0.241 e. The van der Waals surface area contributed by atoms with Crippen LogP contribution in [0, 0.1) is 11.8 Å². The maximum Gasteiger partial charge on any atom is 0.241 e. The van der Waals surface area contributed by atoms with E-state index in [1.807, 2.05) is 0 Å². The molecule has 2 aliphatic rings. The Bertz CT molecular complexity index is 356. The lowest BCUT2D eigenvalue weighted by Crippen LogP contribution is -2.49. The van der Waals surface area contributed by atoms with Crippen LogP contribution in [0.1, 0.15) is 53.4 Å². The fraction of sp³-hybridized carbons (Fsp3) is 0.941. The number of amides is 1. The van der Waals surface area contributed by atoms with Crippen LogP contribution in [0.3, 0.4) is 0 Å². The Kier molecular flexibility index (Phi) is 5.67. The van der Waals surface area contributed by atoms with Crippen molar-refractivity contribution in [2.24, 2.45) is 11.8 Å². The molecule has 1 N–H and O–H groups in total. The first-order valence-corrected chi connectivity index (χ1v) is 8.67. The van der Waals surface area contributed by atoms with Crippen LogP contribution in [0.15, 0.2) is 0 Å². The highest BCUT2D eigenvalue weighted by Gasteiger charge is 2.41. The van der Waals surface area contributed by atoms with Crippen molar-refractivity contribution in [1.82, 2.24) is 15.1 Å². The number of piperidine rings is 1. The lowest BCUT2D eigenvalue weighted by Gasteiger charge is -2.37. The first kappa shape index (κ1) is 16.8. The monoisotopic (exact) mass is 295 g/mol.